The molecule has 1 fully saturated rings. The molecule has 9 heteroatoms. The Morgan fingerprint density at radius 3 is 2.25 bits per heavy atom. The molecule has 194 valence electrons. The van der Waals surface area contributed by atoms with Crippen LogP contribution in [0.2, 0.25) is 0 Å². The number of thioether (sulfide) groups is 1. The zero-order chi connectivity index (χ0) is 25.8. The van der Waals surface area contributed by atoms with Crippen molar-refractivity contribution in [2.75, 3.05) is 0 Å². The maximum Gasteiger partial charge on any atom is 0.339 e. The zero-order valence-corrected chi connectivity index (χ0v) is 22.6. The van der Waals surface area contributed by atoms with Crippen molar-refractivity contribution in [1.29, 1.82) is 0 Å². The first-order chi connectivity index (χ1) is 17.4. The molecule has 1 N–H and O–H groups in total. The Balaban J connectivity index is 1.43. The number of nitrogens with zero attached hydrogens (tertiary/aromatic N) is 2. The molecule has 36 heavy (non-hydrogen) atoms. The van der Waals surface area contributed by atoms with Crippen LogP contribution in [0, 0.1) is 6.92 Å². The molecule has 0 spiro atoms. The number of benzene rings is 2. The molecule has 2 aromatic carbocycles. The van der Waals surface area contributed by atoms with E-state index >= 15 is 0 Å². The van der Waals surface area contributed by atoms with Crippen LogP contribution >= 0.6 is 11.8 Å². The van der Waals surface area contributed by atoms with E-state index < -0.39 is 10.1 Å². The average Bonchev–Trinajstić information content (AvgIpc) is 3.21. The van der Waals surface area contributed by atoms with Crippen LogP contribution in [0.15, 0.2) is 63.6 Å². The number of aryl methyl sites for hydroxylation is 1. The topological polar surface area (TPSA) is 97.2 Å². The van der Waals surface area contributed by atoms with E-state index in [-0.39, 0.29) is 21.8 Å². The lowest BCUT2D eigenvalue weighted by atomic mass is 10.1. The summed E-state index contributed by atoms with van der Waals surface area (Å²) in [5.41, 5.74) is 1.69. The van der Waals surface area contributed by atoms with Gasteiger partial charge in [0.05, 0.1) is 11.5 Å². The van der Waals surface area contributed by atoms with E-state index in [0.29, 0.717) is 5.17 Å². The van der Waals surface area contributed by atoms with Crippen LogP contribution in [0.4, 0.5) is 0 Å². The largest absolute Gasteiger partial charge is 0.379 e. The summed E-state index contributed by atoms with van der Waals surface area (Å²) < 4.78 is 30.0. The number of unbranched alkanes of at least 4 members (excludes halogenated alkanes) is 7. The SMILES string of the molecule is CCCCCCCCCCC1S/C(=N\N=C\c2ccc(OS(=O)(=O)c3ccc(C)cc3)cc2)NC1=O. The molecule has 1 amide bonds. The molecular weight excluding hydrogens is 494 g/mol. The number of amidine groups is 1. The van der Waals surface area contributed by atoms with Crippen LogP contribution in [0.1, 0.15) is 75.8 Å². The van der Waals surface area contributed by atoms with Crippen LogP contribution in [-0.4, -0.2) is 31.0 Å². The number of carbonyl (C=O) groups excluding carboxylic acids is 1. The Kier molecular flexibility index (Phi) is 11.0. The second-order valence-corrected chi connectivity index (χ2v) is 11.7. The highest BCUT2D eigenvalue weighted by Crippen LogP contribution is 2.25. The molecule has 0 aliphatic carbocycles. The van der Waals surface area contributed by atoms with E-state index in [1.54, 1.807) is 42.6 Å². The summed E-state index contributed by atoms with van der Waals surface area (Å²) in [7, 11) is -3.90. The molecule has 3 rings (SSSR count). The molecule has 7 nitrogen and oxygen atoms in total. The van der Waals surface area contributed by atoms with Gasteiger partial charge in [0.25, 0.3) is 0 Å². The van der Waals surface area contributed by atoms with Gasteiger partial charge in [0, 0.05) is 0 Å². The van der Waals surface area contributed by atoms with Crippen molar-refractivity contribution >= 4 is 39.2 Å². The summed E-state index contributed by atoms with van der Waals surface area (Å²) in [6.07, 6.45) is 12.3. The minimum absolute atomic E-state index is 0.00631. The van der Waals surface area contributed by atoms with Crippen molar-refractivity contribution in [2.45, 2.75) is 81.8 Å². The number of amides is 1. The smallest absolute Gasteiger partial charge is 0.339 e. The highest BCUT2D eigenvalue weighted by atomic mass is 32.2. The summed E-state index contributed by atoms with van der Waals surface area (Å²) in [4.78, 5) is 12.3. The van der Waals surface area contributed by atoms with E-state index in [2.05, 4.69) is 22.4 Å². The maximum absolute atomic E-state index is 12.4. The summed E-state index contributed by atoms with van der Waals surface area (Å²) in [6, 6.07) is 13.0. The molecule has 1 unspecified atom stereocenters. The second kappa shape index (κ2) is 14.2. The van der Waals surface area contributed by atoms with Gasteiger partial charge in [-0.25, -0.2) is 0 Å². The molecule has 1 aliphatic heterocycles. The summed E-state index contributed by atoms with van der Waals surface area (Å²) in [6.45, 7) is 4.11. The van der Waals surface area contributed by atoms with Crippen LogP contribution in [0.3, 0.4) is 0 Å². The standard InChI is InChI=1S/C27H35N3O4S2/c1-3-4-5-6-7-8-9-10-11-25-26(31)29-27(35-25)30-28-20-22-14-16-23(17-15-22)34-36(32,33)24-18-12-21(2)13-19-24/h12-20,25H,3-11H2,1-2H3,(H,29,30,31)/b28-20+. The molecular formula is C27H35N3O4S2. The quantitative estimate of drug-likeness (QED) is 0.136. The van der Waals surface area contributed by atoms with Crippen molar-refractivity contribution < 1.29 is 17.4 Å². The Bertz CT molecular complexity index is 1140. The number of hydrogen-bond acceptors (Lipinski definition) is 7. The van der Waals surface area contributed by atoms with Crippen LogP contribution in [0.25, 0.3) is 0 Å². The highest BCUT2D eigenvalue weighted by Gasteiger charge is 2.29. The number of carbonyl (C=O) groups is 1. The molecule has 1 heterocycles. The van der Waals surface area contributed by atoms with E-state index in [1.165, 1.54) is 62.4 Å². The summed E-state index contributed by atoms with van der Waals surface area (Å²) in [5.74, 6) is 0.203. The molecule has 0 radical (unpaired) electrons. The zero-order valence-electron chi connectivity index (χ0n) is 21.0. The number of nitrogens with one attached hydrogen (secondary N) is 1. The molecule has 1 atom stereocenters. The van der Waals surface area contributed by atoms with Crippen molar-refractivity contribution in [3.8, 4) is 5.75 Å². The number of rotatable bonds is 14. The fraction of sp³-hybridized carbons (Fsp3) is 0.444. The molecule has 1 aliphatic rings. The Hall–Kier alpha value is -2.65. The molecule has 2 aromatic rings. The molecule has 0 saturated carbocycles. The van der Waals surface area contributed by atoms with Crippen LogP contribution in [0.5, 0.6) is 5.75 Å². The van der Waals surface area contributed by atoms with E-state index in [9.17, 15) is 13.2 Å². The predicted octanol–water partition coefficient (Wildman–Crippen LogP) is 6.22. The van der Waals surface area contributed by atoms with Crippen molar-refractivity contribution in [2.24, 2.45) is 10.2 Å². The van der Waals surface area contributed by atoms with Crippen molar-refractivity contribution in [3.05, 3.63) is 59.7 Å². The number of hydrogen-bond donors (Lipinski definition) is 1. The monoisotopic (exact) mass is 529 g/mol. The summed E-state index contributed by atoms with van der Waals surface area (Å²) >= 11 is 1.43. The Morgan fingerprint density at radius 2 is 1.58 bits per heavy atom. The van der Waals surface area contributed by atoms with Gasteiger partial charge in [-0.05, 0) is 55.3 Å². The maximum atomic E-state index is 12.4. The fourth-order valence-electron chi connectivity index (χ4n) is 3.74. The van der Waals surface area contributed by atoms with Gasteiger partial charge in [0.2, 0.25) is 5.91 Å². The fourth-order valence-corrected chi connectivity index (χ4v) is 5.65. The first-order valence-electron chi connectivity index (χ1n) is 12.6. The Labute approximate surface area is 219 Å². The van der Waals surface area contributed by atoms with E-state index in [4.69, 9.17) is 4.18 Å². The predicted molar refractivity (Wildman–Crippen MR) is 147 cm³/mol. The average molecular weight is 530 g/mol. The van der Waals surface area contributed by atoms with Gasteiger partial charge in [0.15, 0.2) is 5.17 Å². The Morgan fingerprint density at radius 1 is 0.944 bits per heavy atom. The lowest BCUT2D eigenvalue weighted by Gasteiger charge is -2.07. The van der Waals surface area contributed by atoms with Crippen molar-refractivity contribution in [3.63, 3.8) is 0 Å². The van der Waals surface area contributed by atoms with Crippen molar-refractivity contribution in [1.82, 2.24) is 5.32 Å². The van der Waals surface area contributed by atoms with Crippen LogP contribution < -0.4 is 9.50 Å². The minimum Gasteiger partial charge on any atom is -0.379 e. The highest BCUT2D eigenvalue weighted by molar-refractivity contribution is 8.15. The third-order valence-electron chi connectivity index (χ3n) is 5.85. The van der Waals surface area contributed by atoms with Gasteiger partial charge < -0.3 is 9.50 Å². The second-order valence-electron chi connectivity index (χ2n) is 8.93. The first-order valence-corrected chi connectivity index (χ1v) is 14.9. The first kappa shape index (κ1) is 27.9. The molecule has 0 aromatic heterocycles. The minimum atomic E-state index is -3.90. The van der Waals surface area contributed by atoms with Gasteiger partial charge in [-0.3, -0.25) is 4.79 Å². The van der Waals surface area contributed by atoms with Crippen LogP contribution in [-0.2, 0) is 14.9 Å². The molecule has 1 saturated heterocycles. The van der Waals surface area contributed by atoms with Gasteiger partial charge in [-0.15, -0.1) is 5.10 Å². The molecule has 0 bridgehead atoms. The normalized spacial score (nSPS) is 17.1. The summed E-state index contributed by atoms with van der Waals surface area (Å²) in [5, 5.41) is 11.4. The van der Waals surface area contributed by atoms with E-state index in [1.807, 2.05) is 6.92 Å². The van der Waals surface area contributed by atoms with Gasteiger partial charge >= 0.3 is 10.1 Å². The third-order valence-corrected chi connectivity index (χ3v) is 8.25. The van der Waals surface area contributed by atoms with Gasteiger partial charge in [0.1, 0.15) is 10.6 Å². The lowest BCUT2D eigenvalue weighted by molar-refractivity contribution is -0.118. The van der Waals surface area contributed by atoms with Gasteiger partial charge in [-0.2, -0.15) is 13.5 Å². The lowest BCUT2D eigenvalue weighted by Crippen LogP contribution is -2.24. The third kappa shape index (κ3) is 9.09. The van der Waals surface area contributed by atoms with Gasteiger partial charge in [-0.1, -0.05) is 87.7 Å². The van der Waals surface area contributed by atoms with E-state index in [0.717, 1.165) is 30.4 Å².